The minimum Gasteiger partial charge on any atom is -0.467 e. The fourth-order valence-electron chi connectivity index (χ4n) is 1.63. The second kappa shape index (κ2) is 7.76. The van der Waals surface area contributed by atoms with Gasteiger partial charge in [0.1, 0.15) is 0 Å². The molecule has 0 spiro atoms. The van der Waals surface area contributed by atoms with Gasteiger partial charge in [-0.1, -0.05) is 13.8 Å². The van der Waals surface area contributed by atoms with Crippen LogP contribution in [0.1, 0.15) is 40.5 Å². The van der Waals surface area contributed by atoms with Crippen LogP contribution in [0, 0.1) is 5.92 Å². The van der Waals surface area contributed by atoms with Crippen LogP contribution >= 0.6 is 0 Å². The van der Waals surface area contributed by atoms with Crippen LogP contribution in [0.2, 0.25) is 0 Å². The van der Waals surface area contributed by atoms with Gasteiger partial charge in [0, 0.05) is 12.6 Å². The lowest BCUT2D eigenvalue weighted by molar-refractivity contribution is 0.379. The lowest BCUT2D eigenvalue weighted by Crippen LogP contribution is -2.19. The quantitative estimate of drug-likeness (QED) is 0.754. The molecule has 1 rings (SSSR count). The van der Waals surface area contributed by atoms with Crippen molar-refractivity contribution >= 4 is 11.9 Å². The molecule has 0 aromatic carbocycles. The van der Waals surface area contributed by atoms with Crippen LogP contribution in [0.5, 0.6) is 6.01 Å². The highest BCUT2D eigenvalue weighted by Crippen LogP contribution is 2.14. The third-order valence-electron chi connectivity index (χ3n) is 2.68. The molecule has 1 aromatic rings. The lowest BCUT2D eigenvalue weighted by Gasteiger charge is -2.15. The number of ether oxygens (including phenoxy) is 1. The zero-order chi connectivity index (χ0) is 14.3. The standard InChI is InChI=1S/C13H25N5O/c1-6-14-11-16-12(18-13(17-11)19-5)15-10(4)8-7-9(2)3/h9-10H,6-8H2,1-5H3,(H2,14,15,16,17,18). The maximum atomic E-state index is 5.08. The topological polar surface area (TPSA) is 72.0 Å². The first-order valence-corrected chi connectivity index (χ1v) is 6.85. The molecule has 19 heavy (non-hydrogen) atoms. The Bertz CT molecular complexity index is 383. The molecule has 0 bridgehead atoms. The molecule has 0 aliphatic heterocycles. The van der Waals surface area contributed by atoms with Gasteiger partial charge in [0.15, 0.2) is 0 Å². The number of rotatable bonds is 8. The number of anilines is 2. The van der Waals surface area contributed by atoms with Crippen LogP contribution in [-0.2, 0) is 0 Å². The molecule has 6 heteroatoms. The van der Waals surface area contributed by atoms with E-state index in [0.29, 0.717) is 29.9 Å². The van der Waals surface area contributed by atoms with E-state index >= 15 is 0 Å². The van der Waals surface area contributed by atoms with Crippen molar-refractivity contribution in [1.29, 1.82) is 0 Å². The molecule has 1 atom stereocenters. The van der Waals surface area contributed by atoms with Crippen molar-refractivity contribution in [1.82, 2.24) is 15.0 Å². The van der Waals surface area contributed by atoms with E-state index in [0.717, 1.165) is 13.0 Å². The smallest absolute Gasteiger partial charge is 0.322 e. The molecule has 108 valence electrons. The predicted molar refractivity (Wildman–Crippen MR) is 77.7 cm³/mol. The molecule has 1 heterocycles. The molecular weight excluding hydrogens is 242 g/mol. The molecule has 0 radical (unpaired) electrons. The Morgan fingerprint density at radius 1 is 1.05 bits per heavy atom. The Morgan fingerprint density at radius 2 is 1.74 bits per heavy atom. The molecule has 0 amide bonds. The van der Waals surface area contributed by atoms with Gasteiger partial charge >= 0.3 is 6.01 Å². The minimum absolute atomic E-state index is 0.323. The molecule has 0 saturated heterocycles. The van der Waals surface area contributed by atoms with E-state index in [4.69, 9.17) is 4.74 Å². The average Bonchev–Trinajstić information content (AvgIpc) is 2.36. The Morgan fingerprint density at radius 3 is 2.32 bits per heavy atom. The van der Waals surface area contributed by atoms with Gasteiger partial charge in [0.25, 0.3) is 0 Å². The largest absolute Gasteiger partial charge is 0.467 e. The van der Waals surface area contributed by atoms with Gasteiger partial charge in [0.2, 0.25) is 11.9 Å². The molecule has 1 aromatic heterocycles. The van der Waals surface area contributed by atoms with Crippen molar-refractivity contribution in [2.24, 2.45) is 5.92 Å². The molecule has 2 N–H and O–H groups in total. The van der Waals surface area contributed by atoms with Gasteiger partial charge in [-0.3, -0.25) is 0 Å². The zero-order valence-electron chi connectivity index (χ0n) is 12.5. The normalized spacial score (nSPS) is 12.3. The lowest BCUT2D eigenvalue weighted by atomic mass is 10.0. The summed E-state index contributed by atoms with van der Waals surface area (Å²) in [4.78, 5) is 12.6. The van der Waals surface area contributed by atoms with Crippen molar-refractivity contribution < 1.29 is 4.74 Å². The highest BCUT2D eigenvalue weighted by molar-refractivity contribution is 5.36. The van der Waals surface area contributed by atoms with Crippen molar-refractivity contribution in [2.75, 3.05) is 24.3 Å². The summed E-state index contributed by atoms with van der Waals surface area (Å²) in [6, 6.07) is 0.647. The van der Waals surface area contributed by atoms with E-state index in [9.17, 15) is 0 Å². The van der Waals surface area contributed by atoms with Crippen LogP contribution in [0.4, 0.5) is 11.9 Å². The van der Waals surface area contributed by atoms with Crippen LogP contribution < -0.4 is 15.4 Å². The van der Waals surface area contributed by atoms with Crippen LogP contribution in [0.15, 0.2) is 0 Å². The first-order chi connectivity index (χ1) is 9.05. The molecular formula is C13H25N5O. The maximum absolute atomic E-state index is 5.08. The van der Waals surface area contributed by atoms with E-state index in [-0.39, 0.29) is 0 Å². The number of hydrogen-bond acceptors (Lipinski definition) is 6. The van der Waals surface area contributed by atoms with Crippen LogP contribution in [0.25, 0.3) is 0 Å². The van der Waals surface area contributed by atoms with E-state index < -0.39 is 0 Å². The number of methoxy groups -OCH3 is 1. The van der Waals surface area contributed by atoms with Gasteiger partial charge in [-0.05, 0) is 32.6 Å². The van der Waals surface area contributed by atoms with E-state index in [1.165, 1.54) is 6.42 Å². The Hall–Kier alpha value is -1.59. The van der Waals surface area contributed by atoms with E-state index in [2.05, 4.69) is 46.4 Å². The van der Waals surface area contributed by atoms with Crippen molar-refractivity contribution in [3.63, 3.8) is 0 Å². The van der Waals surface area contributed by atoms with Crippen molar-refractivity contribution in [2.45, 2.75) is 46.6 Å². The van der Waals surface area contributed by atoms with Gasteiger partial charge < -0.3 is 15.4 Å². The number of aromatic nitrogens is 3. The third kappa shape index (κ3) is 5.72. The highest BCUT2D eigenvalue weighted by atomic mass is 16.5. The van der Waals surface area contributed by atoms with E-state index in [1.807, 2.05) is 6.92 Å². The number of hydrogen-bond donors (Lipinski definition) is 2. The highest BCUT2D eigenvalue weighted by Gasteiger charge is 2.09. The maximum Gasteiger partial charge on any atom is 0.322 e. The Balaban J connectivity index is 2.67. The summed E-state index contributed by atoms with van der Waals surface area (Å²) in [5.74, 6) is 1.79. The molecule has 6 nitrogen and oxygen atoms in total. The van der Waals surface area contributed by atoms with Gasteiger partial charge in [-0.15, -0.1) is 0 Å². The van der Waals surface area contributed by atoms with Crippen LogP contribution in [0.3, 0.4) is 0 Å². The summed E-state index contributed by atoms with van der Waals surface area (Å²) in [6.45, 7) is 9.33. The second-order valence-electron chi connectivity index (χ2n) is 5.02. The Kier molecular flexibility index (Phi) is 6.32. The third-order valence-corrected chi connectivity index (χ3v) is 2.68. The van der Waals surface area contributed by atoms with Gasteiger partial charge in [0.05, 0.1) is 7.11 Å². The van der Waals surface area contributed by atoms with Gasteiger partial charge in [-0.2, -0.15) is 15.0 Å². The fourth-order valence-corrected chi connectivity index (χ4v) is 1.63. The summed E-state index contributed by atoms with van der Waals surface area (Å²) in [7, 11) is 1.55. The van der Waals surface area contributed by atoms with Crippen LogP contribution in [-0.4, -0.2) is 34.6 Å². The number of nitrogens with one attached hydrogen (secondary N) is 2. The first-order valence-electron chi connectivity index (χ1n) is 6.85. The van der Waals surface area contributed by atoms with Crippen molar-refractivity contribution in [3.8, 4) is 6.01 Å². The van der Waals surface area contributed by atoms with E-state index in [1.54, 1.807) is 7.11 Å². The minimum atomic E-state index is 0.323. The van der Waals surface area contributed by atoms with Crippen molar-refractivity contribution in [3.05, 3.63) is 0 Å². The summed E-state index contributed by atoms with van der Waals surface area (Å²) in [6.07, 6.45) is 2.26. The molecule has 0 saturated carbocycles. The first kappa shape index (κ1) is 15.5. The monoisotopic (exact) mass is 267 g/mol. The molecule has 0 fully saturated rings. The van der Waals surface area contributed by atoms with Gasteiger partial charge in [-0.25, -0.2) is 0 Å². The average molecular weight is 267 g/mol. The molecule has 0 aliphatic carbocycles. The zero-order valence-corrected chi connectivity index (χ0v) is 12.5. The Labute approximate surface area is 115 Å². The molecule has 1 unspecified atom stereocenters. The fraction of sp³-hybridized carbons (Fsp3) is 0.769. The summed E-state index contributed by atoms with van der Waals surface area (Å²) in [5, 5.41) is 6.35. The SMILES string of the molecule is CCNc1nc(NC(C)CCC(C)C)nc(OC)n1. The summed E-state index contributed by atoms with van der Waals surface area (Å²) < 4.78 is 5.08. The number of nitrogens with zero attached hydrogens (tertiary/aromatic N) is 3. The summed E-state index contributed by atoms with van der Waals surface area (Å²) in [5.41, 5.74) is 0. The summed E-state index contributed by atoms with van der Waals surface area (Å²) >= 11 is 0. The predicted octanol–water partition coefficient (Wildman–Crippen LogP) is 2.55. The molecule has 0 aliphatic rings. The second-order valence-corrected chi connectivity index (χ2v) is 5.02.